The van der Waals surface area contributed by atoms with Gasteiger partial charge in [0.25, 0.3) is 0 Å². The molecule has 7 nitrogen and oxygen atoms in total. The van der Waals surface area contributed by atoms with Gasteiger partial charge in [0.2, 0.25) is 11.7 Å². The van der Waals surface area contributed by atoms with E-state index in [1.165, 1.54) is 13.1 Å². The summed E-state index contributed by atoms with van der Waals surface area (Å²) in [4.78, 5) is 23.1. The summed E-state index contributed by atoms with van der Waals surface area (Å²) < 4.78 is 33.0. The first kappa shape index (κ1) is 18.9. The number of carbonyl (C=O) groups excluding carboxylic acids is 1. The number of halogens is 2. The minimum atomic E-state index is -3.16. The van der Waals surface area contributed by atoms with Crippen LogP contribution in [0.5, 0.6) is 5.75 Å². The highest BCUT2D eigenvalue weighted by Crippen LogP contribution is 2.34. The molecule has 1 saturated carbocycles. The summed E-state index contributed by atoms with van der Waals surface area (Å²) in [7, 11) is 0. The van der Waals surface area contributed by atoms with E-state index in [2.05, 4.69) is 25.6 Å². The largest absolute Gasteiger partial charge is 0.489 e. The van der Waals surface area contributed by atoms with Crippen LogP contribution in [0.4, 0.5) is 26.1 Å². The Kier molecular flexibility index (Phi) is 5.20. The highest BCUT2D eigenvalue weighted by atomic mass is 19.3. The van der Waals surface area contributed by atoms with Crippen LogP contribution in [-0.4, -0.2) is 27.5 Å². The number of alkyl halides is 2. The topological polar surface area (TPSA) is 89.0 Å². The SMILES string of the molecule is CC(=O)Nc1cc(Nc2cc(C)nc(C(C)(F)F)n2)c(OCC2CC2)cn1. The maximum absolute atomic E-state index is 13.6. The summed E-state index contributed by atoms with van der Waals surface area (Å²) in [6.45, 7) is 4.28. The third-order valence-corrected chi connectivity index (χ3v) is 3.85. The van der Waals surface area contributed by atoms with E-state index < -0.39 is 11.7 Å². The number of rotatable bonds is 7. The average molecular weight is 377 g/mol. The average Bonchev–Trinajstić information content (AvgIpc) is 3.36. The molecule has 0 bridgehead atoms. The van der Waals surface area contributed by atoms with Gasteiger partial charge in [-0.05, 0) is 25.7 Å². The number of anilines is 3. The minimum Gasteiger partial charge on any atom is -0.489 e. The van der Waals surface area contributed by atoms with Crippen molar-refractivity contribution >= 4 is 23.2 Å². The highest BCUT2D eigenvalue weighted by molar-refractivity contribution is 5.88. The van der Waals surface area contributed by atoms with Crippen molar-refractivity contribution in [2.75, 3.05) is 17.2 Å². The van der Waals surface area contributed by atoms with Gasteiger partial charge < -0.3 is 15.4 Å². The summed E-state index contributed by atoms with van der Waals surface area (Å²) in [6.07, 6.45) is 3.74. The molecule has 1 amide bonds. The van der Waals surface area contributed by atoms with Crippen molar-refractivity contribution in [2.24, 2.45) is 5.92 Å². The first-order chi connectivity index (χ1) is 12.7. The second-order valence-corrected chi connectivity index (χ2v) is 6.73. The van der Waals surface area contributed by atoms with Crippen LogP contribution in [0.3, 0.4) is 0 Å². The molecule has 2 aromatic rings. The maximum Gasteiger partial charge on any atom is 0.303 e. The van der Waals surface area contributed by atoms with E-state index in [1.54, 1.807) is 19.1 Å². The van der Waals surface area contributed by atoms with E-state index in [0.29, 0.717) is 35.5 Å². The van der Waals surface area contributed by atoms with E-state index in [0.717, 1.165) is 19.8 Å². The number of pyridine rings is 1. The van der Waals surface area contributed by atoms with Crippen LogP contribution in [-0.2, 0) is 10.7 Å². The monoisotopic (exact) mass is 377 g/mol. The molecule has 0 aliphatic heterocycles. The second-order valence-electron chi connectivity index (χ2n) is 6.73. The lowest BCUT2D eigenvalue weighted by atomic mass is 10.3. The van der Waals surface area contributed by atoms with Gasteiger partial charge in [0.05, 0.1) is 18.5 Å². The van der Waals surface area contributed by atoms with E-state index in [-0.39, 0.29) is 11.7 Å². The van der Waals surface area contributed by atoms with Crippen LogP contribution < -0.4 is 15.4 Å². The van der Waals surface area contributed by atoms with Gasteiger partial charge in [-0.1, -0.05) is 0 Å². The number of nitrogens with one attached hydrogen (secondary N) is 2. The lowest BCUT2D eigenvalue weighted by Gasteiger charge is -2.16. The van der Waals surface area contributed by atoms with Crippen LogP contribution >= 0.6 is 0 Å². The molecule has 0 saturated heterocycles. The second kappa shape index (κ2) is 7.42. The molecular formula is C18H21F2N5O2. The van der Waals surface area contributed by atoms with Crippen molar-refractivity contribution in [3.63, 3.8) is 0 Å². The number of ether oxygens (including phenoxy) is 1. The van der Waals surface area contributed by atoms with Crippen LogP contribution in [0.2, 0.25) is 0 Å². The molecule has 0 unspecified atom stereocenters. The van der Waals surface area contributed by atoms with E-state index in [9.17, 15) is 13.6 Å². The fourth-order valence-electron chi connectivity index (χ4n) is 2.36. The number of hydrogen-bond acceptors (Lipinski definition) is 6. The molecule has 2 aromatic heterocycles. The van der Waals surface area contributed by atoms with Gasteiger partial charge in [-0.2, -0.15) is 8.78 Å². The lowest BCUT2D eigenvalue weighted by Crippen LogP contribution is -2.15. The maximum atomic E-state index is 13.6. The standard InChI is InChI=1S/C18H21F2N5O2/c1-10-6-16(25-17(22-10)18(3,19)20)24-13-7-15(23-11(2)26)21-8-14(13)27-9-12-4-5-12/h6-8,12H,4-5,9H2,1-3H3,(H2,21,22,23,24,25,26). The molecule has 144 valence electrons. The Labute approximate surface area is 155 Å². The van der Waals surface area contributed by atoms with E-state index >= 15 is 0 Å². The highest BCUT2D eigenvalue weighted by Gasteiger charge is 2.29. The molecule has 0 radical (unpaired) electrons. The summed E-state index contributed by atoms with van der Waals surface area (Å²) in [5.41, 5.74) is 0.874. The molecular weight excluding hydrogens is 356 g/mol. The summed E-state index contributed by atoms with van der Waals surface area (Å²) >= 11 is 0. The minimum absolute atomic E-state index is 0.204. The zero-order valence-electron chi connectivity index (χ0n) is 15.3. The predicted molar refractivity (Wildman–Crippen MR) is 96.4 cm³/mol. The Morgan fingerprint density at radius 2 is 2.04 bits per heavy atom. The fraction of sp³-hybridized carbons (Fsp3) is 0.444. The molecule has 2 N–H and O–H groups in total. The Morgan fingerprint density at radius 1 is 1.30 bits per heavy atom. The summed E-state index contributed by atoms with van der Waals surface area (Å²) in [6, 6.07) is 3.13. The molecule has 9 heteroatoms. The molecule has 27 heavy (non-hydrogen) atoms. The van der Waals surface area contributed by atoms with Crippen LogP contribution in [0.15, 0.2) is 18.3 Å². The predicted octanol–water partition coefficient (Wildman–Crippen LogP) is 3.78. The molecule has 0 aromatic carbocycles. The molecule has 1 aliphatic rings. The van der Waals surface area contributed by atoms with E-state index in [1.807, 2.05) is 0 Å². The van der Waals surface area contributed by atoms with Crippen molar-refractivity contribution in [2.45, 2.75) is 39.5 Å². The number of carbonyl (C=O) groups is 1. The Bertz CT molecular complexity index is 850. The zero-order valence-corrected chi connectivity index (χ0v) is 15.3. The number of nitrogens with zero attached hydrogens (tertiary/aromatic N) is 3. The van der Waals surface area contributed by atoms with E-state index in [4.69, 9.17) is 4.74 Å². The van der Waals surface area contributed by atoms with Crippen LogP contribution in [0.1, 0.15) is 38.2 Å². The third-order valence-electron chi connectivity index (χ3n) is 3.85. The first-order valence-corrected chi connectivity index (χ1v) is 8.62. The number of aromatic nitrogens is 3. The number of hydrogen-bond donors (Lipinski definition) is 2. The Hall–Kier alpha value is -2.84. The van der Waals surface area contributed by atoms with Crippen molar-refractivity contribution in [3.8, 4) is 5.75 Å². The van der Waals surface area contributed by atoms with Crippen molar-refractivity contribution < 1.29 is 18.3 Å². The summed E-state index contributed by atoms with van der Waals surface area (Å²) in [5, 5.41) is 5.57. The molecule has 1 aliphatic carbocycles. The number of amides is 1. The van der Waals surface area contributed by atoms with Crippen molar-refractivity contribution in [1.82, 2.24) is 15.0 Å². The quantitative estimate of drug-likeness (QED) is 0.763. The molecule has 0 spiro atoms. The molecule has 2 heterocycles. The lowest BCUT2D eigenvalue weighted by molar-refractivity contribution is -0.114. The van der Waals surface area contributed by atoms with Gasteiger partial charge in [0.15, 0.2) is 5.75 Å². The van der Waals surface area contributed by atoms with Gasteiger partial charge >= 0.3 is 5.92 Å². The molecule has 1 fully saturated rings. The van der Waals surface area contributed by atoms with Gasteiger partial charge in [-0.3, -0.25) is 4.79 Å². The van der Waals surface area contributed by atoms with Gasteiger partial charge in [0.1, 0.15) is 11.6 Å². The van der Waals surface area contributed by atoms with Crippen LogP contribution in [0, 0.1) is 12.8 Å². The molecule has 3 rings (SSSR count). The Morgan fingerprint density at radius 3 is 2.67 bits per heavy atom. The van der Waals surface area contributed by atoms with Crippen molar-refractivity contribution in [1.29, 1.82) is 0 Å². The zero-order chi connectivity index (χ0) is 19.6. The first-order valence-electron chi connectivity index (χ1n) is 8.62. The smallest absolute Gasteiger partial charge is 0.303 e. The van der Waals surface area contributed by atoms with Gasteiger partial charge in [-0.25, -0.2) is 15.0 Å². The Balaban J connectivity index is 1.90. The summed E-state index contributed by atoms with van der Waals surface area (Å²) in [5.74, 6) is -2.50. The normalized spacial score (nSPS) is 14.0. The fourth-order valence-corrected chi connectivity index (χ4v) is 2.36. The van der Waals surface area contributed by atoms with Gasteiger partial charge in [-0.15, -0.1) is 0 Å². The number of aryl methyl sites for hydroxylation is 1. The third kappa shape index (κ3) is 5.32. The van der Waals surface area contributed by atoms with Gasteiger partial charge in [0, 0.05) is 31.7 Å². The molecule has 0 atom stereocenters. The van der Waals surface area contributed by atoms with Crippen molar-refractivity contribution in [3.05, 3.63) is 29.8 Å². The van der Waals surface area contributed by atoms with Crippen LogP contribution in [0.25, 0.3) is 0 Å².